The lowest BCUT2D eigenvalue weighted by molar-refractivity contribution is 0.447. The molecule has 3 heteroatoms. The van der Waals surface area contributed by atoms with E-state index in [0.29, 0.717) is 6.04 Å². The van der Waals surface area contributed by atoms with Crippen molar-refractivity contribution >= 4 is 0 Å². The Balaban J connectivity index is 2.27. The first-order valence-corrected chi connectivity index (χ1v) is 6.02. The second kappa shape index (κ2) is 4.35. The molecule has 0 radical (unpaired) electrons. The van der Waals surface area contributed by atoms with Crippen LogP contribution in [0, 0.1) is 5.92 Å². The Morgan fingerprint density at radius 2 is 2.33 bits per heavy atom. The minimum Gasteiger partial charge on any atom is -0.310 e. The predicted octanol–water partition coefficient (Wildman–Crippen LogP) is 2.04. The highest BCUT2D eigenvalue weighted by molar-refractivity contribution is 5.23. The fourth-order valence-electron chi connectivity index (χ4n) is 2.65. The van der Waals surface area contributed by atoms with Crippen molar-refractivity contribution in [3.8, 4) is 0 Å². The van der Waals surface area contributed by atoms with Gasteiger partial charge in [-0.3, -0.25) is 4.68 Å². The van der Waals surface area contributed by atoms with Gasteiger partial charge < -0.3 is 5.32 Å². The monoisotopic (exact) mass is 207 g/mol. The summed E-state index contributed by atoms with van der Waals surface area (Å²) in [7, 11) is 2.01. The van der Waals surface area contributed by atoms with Crippen LogP contribution in [-0.2, 0) is 13.5 Å². The Labute approximate surface area is 91.9 Å². The molecule has 0 spiro atoms. The Bertz CT molecular complexity index is 330. The van der Waals surface area contributed by atoms with Crippen molar-refractivity contribution in [2.24, 2.45) is 13.0 Å². The van der Waals surface area contributed by atoms with Crippen LogP contribution >= 0.6 is 0 Å². The Kier molecular flexibility index (Phi) is 3.10. The van der Waals surface area contributed by atoms with E-state index in [1.807, 2.05) is 11.7 Å². The maximum absolute atomic E-state index is 4.52. The zero-order valence-electron chi connectivity index (χ0n) is 9.95. The van der Waals surface area contributed by atoms with Gasteiger partial charge in [0.2, 0.25) is 0 Å². The van der Waals surface area contributed by atoms with E-state index in [0.717, 1.165) is 18.9 Å². The second-order valence-electron chi connectivity index (χ2n) is 4.45. The molecule has 2 unspecified atom stereocenters. The summed E-state index contributed by atoms with van der Waals surface area (Å²) >= 11 is 0. The second-order valence-corrected chi connectivity index (χ2v) is 4.45. The molecule has 1 aromatic rings. The zero-order chi connectivity index (χ0) is 10.8. The van der Waals surface area contributed by atoms with Crippen LogP contribution in [0.3, 0.4) is 0 Å². The molecule has 84 valence electrons. The Morgan fingerprint density at radius 1 is 1.53 bits per heavy atom. The van der Waals surface area contributed by atoms with E-state index in [1.54, 1.807) is 0 Å². The molecule has 1 N–H and O–H groups in total. The van der Waals surface area contributed by atoms with Crippen molar-refractivity contribution in [1.29, 1.82) is 0 Å². The zero-order valence-corrected chi connectivity index (χ0v) is 9.95. The number of aromatic nitrogens is 2. The molecule has 0 aromatic carbocycles. The smallest absolute Gasteiger partial charge is 0.0669 e. The van der Waals surface area contributed by atoms with Crippen LogP contribution in [0.25, 0.3) is 0 Å². The quantitative estimate of drug-likeness (QED) is 0.822. The summed E-state index contributed by atoms with van der Waals surface area (Å²) in [4.78, 5) is 0. The maximum Gasteiger partial charge on any atom is 0.0669 e. The normalized spacial score (nSPS) is 26.1. The minimum atomic E-state index is 0.540. The number of rotatable bonds is 3. The molecular formula is C12H21N3. The topological polar surface area (TPSA) is 29.9 Å². The van der Waals surface area contributed by atoms with Gasteiger partial charge in [0.15, 0.2) is 0 Å². The highest BCUT2D eigenvalue weighted by Crippen LogP contribution is 2.33. The van der Waals surface area contributed by atoms with Crippen molar-refractivity contribution in [2.45, 2.75) is 39.2 Å². The first-order chi connectivity index (χ1) is 7.26. The van der Waals surface area contributed by atoms with Gasteiger partial charge in [-0.2, -0.15) is 5.10 Å². The average molecular weight is 207 g/mol. The van der Waals surface area contributed by atoms with E-state index < -0.39 is 0 Å². The van der Waals surface area contributed by atoms with Crippen LogP contribution in [0.1, 0.15) is 44.0 Å². The maximum atomic E-state index is 4.52. The summed E-state index contributed by atoms with van der Waals surface area (Å²) in [6.07, 6.45) is 5.78. The van der Waals surface area contributed by atoms with E-state index in [1.165, 1.54) is 24.1 Å². The number of aryl methyl sites for hydroxylation is 2. The van der Waals surface area contributed by atoms with Crippen LogP contribution in [0.4, 0.5) is 0 Å². The molecule has 1 aliphatic heterocycles. The summed E-state index contributed by atoms with van der Waals surface area (Å²) < 4.78 is 1.95. The fraction of sp³-hybridized carbons (Fsp3) is 0.750. The van der Waals surface area contributed by atoms with E-state index in [2.05, 4.69) is 30.5 Å². The molecule has 2 rings (SSSR count). The van der Waals surface area contributed by atoms with Crippen LogP contribution in [-0.4, -0.2) is 16.3 Å². The largest absolute Gasteiger partial charge is 0.310 e. The van der Waals surface area contributed by atoms with E-state index in [9.17, 15) is 0 Å². The van der Waals surface area contributed by atoms with E-state index in [4.69, 9.17) is 0 Å². The number of hydrogen-bond donors (Lipinski definition) is 1. The number of hydrogen-bond acceptors (Lipinski definition) is 2. The van der Waals surface area contributed by atoms with E-state index >= 15 is 0 Å². The van der Waals surface area contributed by atoms with Gasteiger partial charge in [-0.15, -0.1) is 0 Å². The molecule has 2 atom stereocenters. The van der Waals surface area contributed by atoms with Crippen LogP contribution in [0.15, 0.2) is 6.20 Å². The summed E-state index contributed by atoms with van der Waals surface area (Å²) in [5.74, 6) is 0.791. The summed E-state index contributed by atoms with van der Waals surface area (Å²) in [6, 6.07) is 0.540. The Morgan fingerprint density at radius 3 is 3.00 bits per heavy atom. The highest BCUT2D eigenvalue weighted by atomic mass is 15.3. The standard InChI is InChI=1S/C12H21N3/c1-4-9-6-7-13-12(9)10-8-15(3)14-11(10)5-2/h8-9,12-13H,4-7H2,1-3H3. The highest BCUT2D eigenvalue weighted by Gasteiger charge is 2.29. The molecule has 0 aliphatic carbocycles. The summed E-state index contributed by atoms with van der Waals surface area (Å²) in [5, 5.41) is 8.13. The molecule has 15 heavy (non-hydrogen) atoms. The summed E-state index contributed by atoms with van der Waals surface area (Å²) in [6.45, 7) is 5.62. The van der Waals surface area contributed by atoms with Gasteiger partial charge in [-0.25, -0.2) is 0 Å². The van der Waals surface area contributed by atoms with Crippen molar-refractivity contribution in [2.75, 3.05) is 6.54 Å². The Hall–Kier alpha value is -0.830. The fourth-order valence-corrected chi connectivity index (χ4v) is 2.65. The third-order valence-corrected chi connectivity index (χ3v) is 3.48. The number of nitrogens with one attached hydrogen (secondary N) is 1. The molecule has 3 nitrogen and oxygen atoms in total. The van der Waals surface area contributed by atoms with Gasteiger partial charge in [0, 0.05) is 24.8 Å². The molecule has 0 bridgehead atoms. The SMILES string of the molecule is CCc1nn(C)cc1C1NCCC1CC. The van der Waals surface area contributed by atoms with Crippen LogP contribution in [0.5, 0.6) is 0 Å². The van der Waals surface area contributed by atoms with Crippen molar-refractivity contribution < 1.29 is 0 Å². The van der Waals surface area contributed by atoms with Gasteiger partial charge in [-0.1, -0.05) is 20.3 Å². The molecular weight excluding hydrogens is 186 g/mol. The average Bonchev–Trinajstić information content (AvgIpc) is 2.82. The third-order valence-electron chi connectivity index (χ3n) is 3.48. The first-order valence-electron chi connectivity index (χ1n) is 6.02. The lowest BCUT2D eigenvalue weighted by Gasteiger charge is -2.17. The predicted molar refractivity (Wildman–Crippen MR) is 61.7 cm³/mol. The number of nitrogens with zero attached hydrogens (tertiary/aromatic N) is 2. The minimum absolute atomic E-state index is 0.540. The van der Waals surface area contributed by atoms with Crippen molar-refractivity contribution in [3.05, 3.63) is 17.5 Å². The molecule has 1 fully saturated rings. The van der Waals surface area contributed by atoms with Gasteiger partial charge in [0.25, 0.3) is 0 Å². The lowest BCUT2D eigenvalue weighted by atomic mass is 9.92. The van der Waals surface area contributed by atoms with Crippen molar-refractivity contribution in [3.63, 3.8) is 0 Å². The molecule has 1 aromatic heterocycles. The lowest BCUT2D eigenvalue weighted by Crippen LogP contribution is -2.18. The van der Waals surface area contributed by atoms with Gasteiger partial charge in [0.05, 0.1) is 5.69 Å². The van der Waals surface area contributed by atoms with Crippen LogP contribution < -0.4 is 5.32 Å². The first kappa shape index (κ1) is 10.7. The molecule has 0 saturated carbocycles. The molecule has 0 amide bonds. The van der Waals surface area contributed by atoms with Gasteiger partial charge in [-0.05, 0) is 25.3 Å². The molecule has 1 aliphatic rings. The molecule has 2 heterocycles. The van der Waals surface area contributed by atoms with E-state index in [-0.39, 0.29) is 0 Å². The van der Waals surface area contributed by atoms with Gasteiger partial charge in [0.1, 0.15) is 0 Å². The van der Waals surface area contributed by atoms with Gasteiger partial charge >= 0.3 is 0 Å². The summed E-state index contributed by atoms with van der Waals surface area (Å²) in [5.41, 5.74) is 2.68. The van der Waals surface area contributed by atoms with Crippen LogP contribution in [0.2, 0.25) is 0 Å². The van der Waals surface area contributed by atoms with Crippen molar-refractivity contribution in [1.82, 2.24) is 15.1 Å². The molecule has 1 saturated heterocycles. The third kappa shape index (κ3) is 1.93.